The maximum Gasteiger partial charge on any atom is 0.317 e. The Morgan fingerprint density at radius 1 is 1.29 bits per heavy atom. The van der Waals surface area contributed by atoms with Crippen LogP contribution in [0.2, 0.25) is 0 Å². The zero-order valence-corrected chi connectivity index (χ0v) is 12.7. The summed E-state index contributed by atoms with van der Waals surface area (Å²) in [7, 11) is 1.66. The van der Waals surface area contributed by atoms with Gasteiger partial charge in [0.1, 0.15) is 0 Å². The number of carboxylic acid groups (broad SMARTS) is 1. The molecule has 0 bridgehead atoms. The van der Waals surface area contributed by atoms with Crippen LogP contribution in [-0.4, -0.2) is 48.8 Å². The lowest BCUT2D eigenvalue weighted by atomic mass is 9.79. The summed E-state index contributed by atoms with van der Waals surface area (Å²) in [6, 6.07) is 10.8. The molecule has 21 heavy (non-hydrogen) atoms. The van der Waals surface area contributed by atoms with Crippen LogP contribution >= 0.6 is 0 Å². The van der Waals surface area contributed by atoms with Crippen molar-refractivity contribution in [2.24, 2.45) is 0 Å². The summed E-state index contributed by atoms with van der Waals surface area (Å²) in [6.07, 6.45) is 4.60. The van der Waals surface area contributed by atoms with E-state index >= 15 is 0 Å². The summed E-state index contributed by atoms with van der Waals surface area (Å²) < 4.78 is 5.15. The number of rotatable bonds is 7. The maximum absolute atomic E-state index is 11.2. The topological polar surface area (TPSA) is 49.8 Å². The first-order valence-electron chi connectivity index (χ1n) is 7.72. The van der Waals surface area contributed by atoms with Gasteiger partial charge in [-0.25, -0.2) is 0 Å². The summed E-state index contributed by atoms with van der Waals surface area (Å²) in [5.74, 6) is -0.334. The van der Waals surface area contributed by atoms with Crippen LogP contribution in [0.4, 0.5) is 0 Å². The summed E-state index contributed by atoms with van der Waals surface area (Å²) >= 11 is 0. The molecule has 4 heteroatoms. The van der Waals surface area contributed by atoms with Crippen LogP contribution in [0.1, 0.15) is 37.2 Å². The van der Waals surface area contributed by atoms with Crippen molar-refractivity contribution in [1.82, 2.24) is 4.90 Å². The van der Waals surface area contributed by atoms with E-state index in [1.165, 1.54) is 18.4 Å². The average molecular weight is 291 g/mol. The van der Waals surface area contributed by atoms with Crippen LogP contribution in [0.5, 0.6) is 0 Å². The van der Waals surface area contributed by atoms with Crippen LogP contribution in [0.15, 0.2) is 30.3 Å². The first-order chi connectivity index (χ1) is 10.2. The predicted octanol–water partition coefficient (Wildman–Crippen LogP) is 2.75. The number of carbonyl (C=O) groups is 1. The van der Waals surface area contributed by atoms with Gasteiger partial charge in [-0.05, 0) is 24.3 Å². The molecule has 0 spiro atoms. The fourth-order valence-corrected chi connectivity index (χ4v) is 3.38. The van der Waals surface area contributed by atoms with Crippen molar-refractivity contribution in [1.29, 1.82) is 0 Å². The number of benzene rings is 1. The van der Waals surface area contributed by atoms with E-state index in [0.29, 0.717) is 25.1 Å². The molecule has 116 valence electrons. The highest BCUT2D eigenvalue weighted by Crippen LogP contribution is 2.36. The molecule has 1 aromatic rings. The SMILES string of the molecule is COCCN(CC(=O)O)C1CCCCC1c1ccccc1. The zero-order valence-electron chi connectivity index (χ0n) is 12.7. The standard InChI is InChI=1S/C17H25NO3/c1-21-12-11-18(13-17(19)20)16-10-6-5-9-15(16)14-7-3-2-4-8-14/h2-4,7-8,15-16H,5-6,9-13H2,1H3,(H,19,20). The molecule has 0 saturated heterocycles. The van der Waals surface area contributed by atoms with Crippen LogP contribution < -0.4 is 0 Å². The monoisotopic (exact) mass is 291 g/mol. The number of hydrogen-bond donors (Lipinski definition) is 1. The van der Waals surface area contributed by atoms with Crippen molar-refractivity contribution in [3.05, 3.63) is 35.9 Å². The Balaban J connectivity index is 2.16. The number of carboxylic acids is 1. The molecule has 0 aromatic heterocycles. The van der Waals surface area contributed by atoms with Crippen molar-refractivity contribution >= 4 is 5.97 Å². The molecular formula is C17H25NO3. The Bertz CT molecular complexity index is 435. The molecule has 1 aliphatic carbocycles. The van der Waals surface area contributed by atoms with E-state index in [1.54, 1.807) is 7.11 Å². The maximum atomic E-state index is 11.2. The third-order valence-corrected chi connectivity index (χ3v) is 4.35. The van der Waals surface area contributed by atoms with E-state index in [1.807, 2.05) is 6.07 Å². The molecule has 0 heterocycles. The van der Waals surface area contributed by atoms with Gasteiger partial charge in [-0.3, -0.25) is 9.69 Å². The highest BCUT2D eigenvalue weighted by molar-refractivity contribution is 5.69. The number of nitrogens with zero attached hydrogens (tertiary/aromatic N) is 1. The van der Waals surface area contributed by atoms with Gasteiger partial charge in [0.15, 0.2) is 0 Å². The smallest absolute Gasteiger partial charge is 0.317 e. The van der Waals surface area contributed by atoms with Crippen molar-refractivity contribution < 1.29 is 14.6 Å². The van der Waals surface area contributed by atoms with Gasteiger partial charge in [0.2, 0.25) is 0 Å². The predicted molar refractivity (Wildman–Crippen MR) is 82.5 cm³/mol. The first kappa shape index (κ1) is 16.0. The molecule has 1 N–H and O–H groups in total. The van der Waals surface area contributed by atoms with Crippen molar-refractivity contribution in [3.8, 4) is 0 Å². The molecule has 2 rings (SSSR count). The van der Waals surface area contributed by atoms with Gasteiger partial charge in [-0.1, -0.05) is 43.2 Å². The summed E-state index contributed by atoms with van der Waals surface area (Å²) in [5, 5.41) is 9.19. The molecule has 1 fully saturated rings. The minimum absolute atomic E-state index is 0.0946. The van der Waals surface area contributed by atoms with Gasteiger partial charge < -0.3 is 9.84 Å². The molecule has 1 aromatic carbocycles. The largest absolute Gasteiger partial charge is 0.480 e. The van der Waals surface area contributed by atoms with Crippen LogP contribution in [0.3, 0.4) is 0 Å². The van der Waals surface area contributed by atoms with Gasteiger partial charge >= 0.3 is 5.97 Å². The highest BCUT2D eigenvalue weighted by Gasteiger charge is 2.31. The van der Waals surface area contributed by atoms with Gasteiger partial charge in [0.25, 0.3) is 0 Å². The van der Waals surface area contributed by atoms with E-state index in [0.717, 1.165) is 12.8 Å². The number of hydrogen-bond acceptors (Lipinski definition) is 3. The molecule has 1 saturated carbocycles. The zero-order chi connectivity index (χ0) is 15.1. The van der Waals surface area contributed by atoms with E-state index in [9.17, 15) is 9.90 Å². The van der Waals surface area contributed by atoms with Crippen molar-refractivity contribution in [2.75, 3.05) is 26.8 Å². The molecule has 0 amide bonds. The fraction of sp³-hybridized carbons (Fsp3) is 0.588. The van der Waals surface area contributed by atoms with Gasteiger partial charge in [-0.2, -0.15) is 0 Å². The summed E-state index contributed by atoms with van der Waals surface area (Å²) in [6.45, 7) is 1.35. The molecule has 0 aliphatic heterocycles. The Hall–Kier alpha value is -1.39. The Labute approximate surface area is 126 Å². The second-order valence-electron chi connectivity index (χ2n) is 5.73. The molecular weight excluding hydrogens is 266 g/mol. The minimum atomic E-state index is -0.761. The molecule has 2 atom stereocenters. The fourth-order valence-electron chi connectivity index (χ4n) is 3.38. The van der Waals surface area contributed by atoms with E-state index in [-0.39, 0.29) is 6.54 Å². The quantitative estimate of drug-likeness (QED) is 0.839. The summed E-state index contributed by atoms with van der Waals surface area (Å²) in [4.78, 5) is 13.3. The lowest BCUT2D eigenvalue weighted by Crippen LogP contribution is -2.45. The molecule has 2 unspecified atom stereocenters. The molecule has 4 nitrogen and oxygen atoms in total. The lowest BCUT2D eigenvalue weighted by Gasteiger charge is -2.39. The average Bonchev–Trinajstić information content (AvgIpc) is 2.52. The van der Waals surface area contributed by atoms with Gasteiger partial charge in [0, 0.05) is 19.7 Å². The summed E-state index contributed by atoms with van der Waals surface area (Å²) in [5.41, 5.74) is 1.33. The second kappa shape index (κ2) is 8.15. The lowest BCUT2D eigenvalue weighted by molar-refractivity contribution is -0.139. The van der Waals surface area contributed by atoms with Gasteiger partial charge in [0.05, 0.1) is 13.2 Å². The highest BCUT2D eigenvalue weighted by atomic mass is 16.5. The van der Waals surface area contributed by atoms with Crippen LogP contribution in [0.25, 0.3) is 0 Å². The Morgan fingerprint density at radius 3 is 2.67 bits per heavy atom. The van der Waals surface area contributed by atoms with Gasteiger partial charge in [-0.15, -0.1) is 0 Å². The Kier molecular flexibility index (Phi) is 6.21. The van der Waals surface area contributed by atoms with Crippen LogP contribution in [0, 0.1) is 0 Å². The normalized spacial score (nSPS) is 22.4. The number of aliphatic carboxylic acids is 1. The number of ether oxygens (including phenoxy) is 1. The third kappa shape index (κ3) is 4.55. The first-order valence-corrected chi connectivity index (χ1v) is 7.72. The van der Waals surface area contributed by atoms with Crippen molar-refractivity contribution in [2.45, 2.75) is 37.6 Å². The van der Waals surface area contributed by atoms with E-state index in [4.69, 9.17) is 4.74 Å². The number of methoxy groups -OCH3 is 1. The van der Waals surface area contributed by atoms with E-state index < -0.39 is 5.97 Å². The molecule has 0 radical (unpaired) electrons. The third-order valence-electron chi connectivity index (χ3n) is 4.35. The van der Waals surface area contributed by atoms with Crippen LogP contribution in [-0.2, 0) is 9.53 Å². The van der Waals surface area contributed by atoms with E-state index in [2.05, 4.69) is 29.2 Å². The van der Waals surface area contributed by atoms with Crippen molar-refractivity contribution in [3.63, 3.8) is 0 Å². The molecule has 1 aliphatic rings. The second-order valence-corrected chi connectivity index (χ2v) is 5.73. The minimum Gasteiger partial charge on any atom is -0.480 e. The Morgan fingerprint density at radius 2 is 2.00 bits per heavy atom.